The van der Waals surface area contributed by atoms with Gasteiger partial charge in [0.25, 0.3) is 5.91 Å². The van der Waals surface area contributed by atoms with Gasteiger partial charge in [-0.05, 0) is 25.0 Å². The van der Waals surface area contributed by atoms with Gasteiger partial charge in [-0.2, -0.15) is 0 Å². The smallest absolute Gasteiger partial charge is 0.251 e. The van der Waals surface area contributed by atoms with Crippen LogP contribution in [0.5, 0.6) is 0 Å². The van der Waals surface area contributed by atoms with Crippen LogP contribution < -0.4 is 5.32 Å². The van der Waals surface area contributed by atoms with E-state index < -0.39 is 15.9 Å². The lowest BCUT2D eigenvalue weighted by atomic mass is 10.0. The molecule has 1 saturated heterocycles. The zero-order valence-corrected chi connectivity index (χ0v) is 18.0. The van der Waals surface area contributed by atoms with Crippen molar-refractivity contribution >= 4 is 21.7 Å². The summed E-state index contributed by atoms with van der Waals surface area (Å²) in [5, 5.41) is 2.89. The minimum absolute atomic E-state index is 0.0375. The highest BCUT2D eigenvalue weighted by Crippen LogP contribution is 2.12. The molecule has 0 spiro atoms. The third kappa shape index (κ3) is 6.60. The molecule has 2 rings (SSSR count). The van der Waals surface area contributed by atoms with Crippen LogP contribution in [0.25, 0.3) is 0 Å². The van der Waals surface area contributed by atoms with E-state index in [-0.39, 0.29) is 23.5 Å². The minimum atomic E-state index is -2.99. The number of sulfone groups is 1. The largest absolute Gasteiger partial charge is 0.340 e. The number of aryl methyl sites for hydroxylation is 1. The van der Waals surface area contributed by atoms with E-state index in [1.165, 1.54) is 6.26 Å². The van der Waals surface area contributed by atoms with Crippen molar-refractivity contribution in [2.45, 2.75) is 26.8 Å². The van der Waals surface area contributed by atoms with Gasteiger partial charge >= 0.3 is 0 Å². The average Bonchev–Trinajstić information content (AvgIpc) is 2.63. The van der Waals surface area contributed by atoms with Gasteiger partial charge in [0.1, 0.15) is 15.9 Å². The van der Waals surface area contributed by atoms with Crippen LogP contribution in [0.15, 0.2) is 24.3 Å². The first-order valence-corrected chi connectivity index (χ1v) is 11.7. The van der Waals surface area contributed by atoms with Crippen LogP contribution in [0.1, 0.15) is 29.8 Å². The summed E-state index contributed by atoms with van der Waals surface area (Å²) >= 11 is 0. The summed E-state index contributed by atoms with van der Waals surface area (Å²) in [5.41, 5.74) is 1.54. The Morgan fingerprint density at radius 1 is 1.14 bits per heavy atom. The molecule has 1 heterocycles. The van der Waals surface area contributed by atoms with Crippen molar-refractivity contribution in [3.63, 3.8) is 0 Å². The second-order valence-electron chi connectivity index (χ2n) is 7.86. The van der Waals surface area contributed by atoms with Crippen LogP contribution in [0.4, 0.5) is 0 Å². The molecule has 0 bridgehead atoms. The van der Waals surface area contributed by atoms with E-state index in [9.17, 15) is 18.0 Å². The number of amides is 2. The van der Waals surface area contributed by atoms with Crippen LogP contribution in [0.3, 0.4) is 0 Å². The van der Waals surface area contributed by atoms with Gasteiger partial charge in [-0.25, -0.2) is 8.42 Å². The summed E-state index contributed by atoms with van der Waals surface area (Å²) in [5.74, 6) is -0.243. The van der Waals surface area contributed by atoms with E-state index in [2.05, 4.69) is 10.2 Å². The fraction of sp³-hybridized carbons (Fsp3) is 0.600. The first-order chi connectivity index (χ1) is 13.1. The molecule has 28 heavy (non-hydrogen) atoms. The lowest BCUT2D eigenvalue weighted by Gasteiger charge is -2.37. The quantitative estimate of drug-likeness (QED) is 0.724. The molecule has 0 aliphatic carbocycles. The first kappa shape index (κ1) is 22.4. The summed E-state index contributed by atoms with van der Waals surface area (Å²) < 4.78 is 22.6. The summed E-state index contributed by atoms with van der Waals surface area (Å²) in [6.45, 7) is 8.58. The van der Waals surface area contributed by atoms with Crippen molar-refractivity contribution < 1.29 is 18.0 Å². The molecule has 1 fully saturated rings. The number of rotatable bonds is 7. The molecule has 1 aromatic rings. The first-order valence-electron chi connectivity index (χ1n) is 9.63. The second-order valence-corrected chi connectivity index (χ2v) is 10.1. The maximum atomic E-state index is 13.0. The minimum Gasteiger partial charge on any atom is -0.340 e. The van der Waals surface area contributed by atoms with E-state index in [0.717, 1.165) is 5.56 Å². The lowest BCUT2D eigenvalue weighted by Crippen LogP contribution is -2.56. The number of nitrogens with one attached hydrogen (secondary N) is 1. The Kier molecular flexibility index (Phi) is 7.60. The number of piperazine rings is 1. The zero-order valence-electron chi connectivity index (χ0n) is 17.1. The fourth-order valence-electron chi connectivity index (χ4n) is 3.21. The Morgan fingerprint density at radius 3 is 2.32 bits per heavy atom. The third-order valence-corrected chi connectivity index (χ3v) is 5.89. The number of nitrogens with zero attached hydrogens (tertiary/aromatic N) is 2. The predicted molar refractivity (Wildman–Crippen MR) is 110 cm³/mol. The summed E-state index contributed by atoms with van der Waals surface area (Å²) in [4.78, 5) is 29.4. The molecule has 1 unspecified atom stereocenters. The Balaban J connectivity index is 1.95. The molecule has 1 atom stereocenters. The monoisotopic (exact) mass is 409 g/mol. The van der Waals surface area contributed by atoms with Crippen molar-refractivity contribution in [1.29, 1.82) is 0 Å². The molecular weight excluding hydrogens is 378 g/mol. The third-order valence-electron chi connectivity index (χ3n) is 4.96. The van der Waals surface area contributed by atoms with Crippen LogP contribution in [0.2, 0.25) is 0 Å². The average molecular weight is 410 g/mol. The molecule has 0 aromatic heterocycles. The summed E-state index contributed by atoms with van der Waals surface area (Å²) in [7, 11) is -2.99. The Hall–Kier alpha value is -1.93. The number of hydrogen-bond donors (Lipinski definition) is 1. The Morgan fingerprint density at radius 2 is 1.79 bits per heavy atom. The summed E-state index contributed by atoms with van der Waals surface area (Å²) in [6, 6.07) is 6.70. The molecule has 1 aliphatic heterocycles. The highest BCUT2D eigenvalue weighted by molar-refractivity contribution is 7.90. The van der Waals surface area contributed by atoms with E-state index in [0.29, 0.717) is 38.3 Å². The molecule has 0 saturated carbocycles. The fourth-order valence-corrected chi connectivity index (χ4v) is 3.80. The Labute approximate surface area is 168 Å². The highest BCUT2D eigenvalue weighted by atomic mass is 32.2. The molecule has 1 N–H and O–H groups in total. The van der Waals surface area contributed by atoms with Gasteiger partial charge in [0.2, 0.25) is 5.91 Å². The topological polar surface area (TPSA) is 86.8 Å². The molecule has 1 aliphatic rings. The summed E-state index contributed by atoms with van der Waals surface area (Å²) in [6.07, 6.45) is 1.23. The van der Waals surface area contributed by atoms with E-state index >= 15 is 0 Å². The molecule has 0 radical (unpaired) electrons. The lowest BCUT2D eigenvalue weighted by molar-refractivity contribution is -0.136. The van der Waals surface area contributed by atoms with E-state index in [1.54, 1.807) is 17.0 Å². The normalized spacial score (nSPS) is 16.8. The number of benzene rings is 1. The molecule has 156 valence electrons. The predicted octanol–water partition coefficient (Wildman–Crippen LogP) is 0.938. The highest BCUT2D eigenvalue weighted by Gasteiger charge is 2.31. The second kappa shape index (κ2) is 9.52. The van der Waals surface area contributed by atoms with E-state index in [1.807, 2.05) is 32.9 Å². The van der Waals surface area contributed by atoms with Gasteiger partial charge in [0.15, 0.2) is 0 Å². The van der Waals surface area contributed by atoms with Crippen molar-refractivity contribution in [3.8, 4) is 0 Å². The van der Waals surface area contributed by atoms with Crippen LogP contribution in [-0.2, 0) is 14.6 Å². The van der Waals surface area contributed by atoms with Crippen molar-refractivity contribution in [2.75, 3.05) is 44.7 Å². The number of hydrogen-bond acceptors (Lipinski definition) is 5. The van der Waals surface area contributed by atoms with Gasteiger partial charge in [-0.1, -0.05) is 31.5 Å². The maximum absolute atomic E-state index is 13.0. The van der Waals surface area contributed by atoms with Gasteiger partial charge in [0, 0.05) is 44.5 Å². The molecule has 7 nitrogen and oxygen atoms in total. The standard InChI is InChI=1S/C20H31N3O4S/c1-15(2)18(21-19(24)17-7-5-6-16(3)14-17)20(25)23-10-8-22(9-11-23)12-13-28(4,26)27/h5-7,14-15,18H,8-13H2,1-4H3,(H,21,24). The Bertz CT molecular complexity index is 799. The zero-order chi connectivity index (χ0) is 20.9. The van der Waals surface area contributed by atoms with Gasteiger partial charge in [-0.15, -0.1) is 0 Å². The molecular formula is C20H31N3O4S. The van der Waals surface area contributed by atoms with Crippen molar-refractivity contribution in [3.05, 3.63) is 35.4 Å². The maximum Gasteiger partial charge on any atom is 0.251 e. The van der Waals surface area contributed by atoms with E-state index in [4.69, 9.17) is 0 Å². The van der Waals surface area contributed by atoms with Crippen LogP contribution in [-0.4, -0.2) is 80.8 Å². The van der Waals surface area contributed by atoms with Crippen molar-refractivity contribution in [2.24, 2.45) is 5.92 Å². The molecule has 2 amide bonds. The van der Waals surface area contributed by atoms with Gasteiger partial charge < -0.3 is 10.2 Å². The van der Waals surface area contributed by atoms with Crippen LogP contribution in [0, 0.1) is 12.8 Å². The van der Waals surface area contributed by atoms with Crippen LogP contribution >= 0.6 is 0 Å². The number of carbonyl (C=O) groups excluding carboxylic acids is 2. The number of carbonyl (C=O) groups is 2. The van der Waals surface area contributed by atoms with Crippen molar-refractivity contribution in [1.82, 2.24) is 15.1 Å². The van der Waals surface area contributed by atoms with Gasteiger partial charge in [0.05, 0.1) is 5.75 Å². The molecule has 8 heteroatoms. The van der Waals surface area contributed by atoms with Gasteiger partial charge in [-0.3, -0.25) is 14.5 Å². The molecule has 1 aromatic carbocycles. The SMILES string of the molecule is Cc1cccc(C(=O)NC(C(=O)N2CCN(CCS(C)(=O)=O)CC2)C(C)C)c1.